The van der Waals surface area contributed by atoms with E-state index in [1.807, 2.05) is 12.1 Å². The molecule has 2 aromatic rings. The van der Waals surface area contributed by atoms with Gasteiger partial charge in [0.15, 0.2) is 9.84 Å². The van der Waals surface area contributed by atoms with Crippen LogP contribution >= 0.6 is 0 Å². The molecule has 1 heterocycles. The van der Waals surface area contributed by atoms with Crippen LogP contribution in [0, 0.1) is 0 Å². The summed E-state index contributed by atoms with van der Waals surface area (Å²) in [6.07, 6.45) is 6.54. The average Bonchev–Trinajstić information content (AvgIpc) is 2.95. The largest absolute Gasteiger partial charge is 0.349 e. The van der Waals surface area contributed by atoms with Crippen LogP contribution in [-0.4, -0.2) is 31.2 Å². The molecule has 0 fully saturated rings. The lowest BCUT2D eigenvalue weighted by atomic mass is 10.0. The van der Waals surface area contributed by atoms with E-state index >= 15 is 0 Å². The SMILES string of the molecule is CCCNC(Cc1ncc[nH]1)c1ccc(S(C)(=O)=O)cc1. The summed E-state index contributed by atoms with van der Waals surface area (Å²) >= 11 is 0. The number of benzene rings is 1. The molecule has 0 radical (unpaired) electrons. The molecular formula is C15H21N3O2S. The topological polar surface area (TPSA) is 74.8 Å². The van der Waals surface area contributed by atoms with Crippen LogP contribution in [0.25, 0.3) is 0 Å². The van der Waals surface area contributed by atoms with E-state index in [0.717, 1.165) is 30.8 Å². The minimum Gasteiger partial charge on any atom is -0.349 e. The van der Waals surface area contributed by atoms with Gasteiger partial charge in [-0.15, -0.1) is 0 Å². The molecule has 2 rings (SSSR count). The summed E-state index contributed by atoms with van der Waals surface area (Å²) in [6.45, 7) is 3.02. The first kappa shape index (κ1) is 15.7. The molecule has 1 aromatic carbocycles. The van der Waals surface area contributed by atoms with Crippen LogP contribution in [0.4, 0.5) is 0 Å². The first-order chi connectivity index (χ1) is 10.0. The number of aromatic nitrogens is 2. The average molecular weight is 307 g/mol. The molecule has 21 heavy (non-hydrogen) atoms. The fourth-order valence-electron chi connectivity index (χ4n) is 2.18. The number of nitrogens with one attached hydrogen (secondary N) is 2. The van der Waals surface area contributed by atoms with Crippen LogP contribution in [0.2, 0.25) is 0 Å². The fourth-order valence-corrected chi connectivity index (χ4v) is 2.81. The molecule has 0 saturated carbocycles. The highest BCUT2D eigenvalue weighted by atomic mass is 32.2. The number of H-pyrrole nitrogens is 1. The third-order valence-electron chi connectivity index (χ3n) is 3.30. The van der Waals surface area contributed by atoms with Crippen molar-refractivity contribution in [2.45, 2.75) is 30.7 Å². The van der Waals surface area contributed by atoms with Gasteiger partial charge in [-0.05, 0) is 30.7 Å². The number of aromatic amines is 1. The van der Waals surface area contributed by atoms with E-state index in [4.69, 9.17) is 0 Å². The summed E-state index contributed by atoms with van der Waals surface area (Å²) in [5.41, 5.74) is 1.06. The number of imidazole rings is 1. The van der Waals surface area contributed by atoms with Crippen molar-refractivity contribution in [3.8, 4) is 0 Å². The molecule has 1 atom stereocenters. The van der Waals surface area contributed by atoms with E-state index in [2.05, 4.69) is 22.2 Å². The Morgan fingerprint density at radius 2 is 2.00 bits per heavy atom. The number of sulfone groups is 1. The maximum absolute atomic E-state index is 11.5. The maximum atomic E-state index is 11.5. The van der Waals surface area contributed by atoms with Crippen LogP contribution in [0.15, 0.2) is 41.6 Å². The van der Waals surface area contributed by atoms with Crippen molar-refractivity contribution < 1.29 is 8.42 Å². The minimum absolute atomic E-state index is 0.115. The second-order valence-corrected chi connectivity index (χ2v) is 7.10. The number of hydrogen-bond donors (Lipinski definition) is 2. The van der Waals surface area contributed by atoms with E-state index < -0.39 is 9.84 Å². The van der Waals surface area contributed by atoms with Gasteiger partial charge in [0, 0.05) is 31.1 Å². The summed E-state index contributed by atoms with van der Waals surface area (Å²) < 4.78 is 23.0. The highest BCUT2D eigenvalue weighted by Crippen LogP contribution is 2.19. The summed E-state index contributed by atoms with van der Waals surface area (Å²) in [5, 5.41) is 3.47. The Labute approximate surface area is 125 Å². The van der Waals surface area contributed by atoms with Crippen molar-refractivity contribution in [2.75, 3.05) is 12.8 Å². The number of nitrogens with zero attached hydrogens (tertiary/aromatic N) is 1. The molecule has 0 saturated heterocycles. The second-order valence-electron chi connectivity index (χ2n) is 5.09. The molecule has 0 aliphatic rings. The molecule has 0 bridgehead atoms. The van der Waals surface area contributed by atoms with E-state index in [-0.39, 0.29) is 6.04 Å². The van der Waals surface area contributed by atoms with Gasteiger partial charge in [0.05, 0.1) is 4.90 Å². The van der Waals surface area contributed by atoms with Crippen molar-refractivity contribution in [1.82, 2.24) is 15.3 Å². The zero-order valence-corrected chi connectivity index (χ0v) is 13.2. The first-order valence-corrected chi connectivity index (χ1v) is 8.91. The third kappa shape index (κ3) is 4.41. The smallest absolute Gasteiger partial charge is 0.175 e. The summed E-state index contributed by atoms with van der Waals surface area (Å²) in [4.78, 5) is 7.70. The molecule has 1 unspecified atom stereocenters. The Morgan fingerprint density at radius 1 is 1.29 bits per heavy atom. The van der Waals surface area contributed by atoms with Crippen molar-refractivity contribution in [2.24, 2.45) is 0 Å². The Morgan fingerprint density at radius 3 is 2.52 bits per heavy atom. The Bertz CT molecular complexity index is 649. The van der Waals surface area contributed by atoms with Crippen LogP contribution in [0.5, 0.6) is 0 Å². The molecule has 1 aromatic heterocycles. The minimum atomic E-state index is -3.15. The van der Waals surface area contributed by atoms with E-state index in [1.54, 1.807) is 24.5 Å². The Kier molecular flexibility index (Phi) is 5.14. The molecule has 0 aliphatic carbocycles. The van der Waals surface area contributed by atoms with Gasteiger partial charge >= 0.3 is 0 Å². The van der Waals surface area contributed by atoms with Gasteiger partial charge in [-0.25, -0.2) is 13.4 Å². The predicted octanol–water partition coefficient (Wildman–Crippen LogP) is 2.10. The van der Waals surface area contributed by atoms with Crippen molar-refractivity contribution in [3.63, 3.8) is 0 Å². The second kappa shape index (κ2) is 6.87. The summed E-state index contributed by atoms with van der Waals surface area (Å²) in [7, 11) is -3.15. The lowest BCUT2D eigenvalue weighted by molar-refractivity contribution is 0.520. The molecule has 5 nitrogen and oxygen atoms in total. The van der Waals surface area contributed by atoms with Crippen molar-refractivity contribution in [3.05, 3.63) is 48.0 Å². The van der Waals surface area contributed by atoms with Crippen LogP contribution < -0.4 is 5.32 Å². The molecule has 0 spiro atoms. The van der Waals surface area contributed by atoms with Crippen molar-refractivity contribution >= 4 is 9.84 Å². The monoisotopic (exact) mass is 307 g/mol. The van der Waals surface area contributed by atoms with Gasteiger partial charge in [0.2, 0.25) is 0 Å². The van der Waals surface area contributed by atoms with E-state index in [9.17, 15) is 8.42 Å². The number of rotatable bonds is 7. The predicted molar refractivity (Wildman–Crippen MR) is 82.9 cm³/mol. The van der Waals surface area contributed by atoms with Gasteiger partial charge < -0.3 is 10.3 Å². The number of hydrogen-bond acceptors (Lipinski definition) is 4. The molecule has 114 valence electrons. The quantitative estimate of drug-likeness (QED) is 0.821. The standard InChI is InChI=1S/C15H21N3O2S/c1-3-8-16-14(11-15-17-9-10-18-15)12-4-6-13(7-5-12)21(2,19)20/h4-7,9-10,14,16H,3,8,11H2,1-2H3,(H,17,18). The zero-order chi connectivity index (χ0) is 15.3. The van der Waals surface area contributed by atoms with Gasteiger partial charge in [0.1, 0.15) is 5.82 Å². The molecular weight excluding hydrogens is 286 g/mol. The molecule has 6 heteroatoms. The van der Waals surface area contributed by atoms with E-state index in [1.165, 1.54) is 6.26 Å². The lowest BCUT2D eigenvalue weighted by Crippen LogP contribution is -2.24. The highest BCUT2D eigenvalue weighted by Gasteiger charge is 2.14. The summed E-state index contributed by atoms with van der Waals surface area (Å²) in [6, 6.07) is 7.17. The zero-order valence-electron chi connectivity index (χ0n) is 12.3. The van der Waals surface area contributed by atoms with Gasteiger partial charge in [0.25, 0.3) is 0 Å². The summed E-state index contributed by atoms with van der Waals surface area (Å²) in [5.74, 6) is 0.913. The fraction of sp³-hybridized carbons (Fsp3) is 0.400. The van der Waals surface area contributed by atoms with E-state index in [0.29, 0.717) is 4.90 Å². The van der Waals surface area contributed by atoms with Crippen LogP contribution in [-0.2, 0) is 16.3 Å². The molecule has 2 N–H and O–H groups in total. The lowest BCUT2D eigenvalue weighted by Gasteiger charge is -2.18. The third-order valence-corrected chi connectivity index (χ3v) is 4.43. The van der Waals surface area contributed by atoms with Crippen LogP contribution in [0.1, 0.15) is 30.8 Å². The van der Waals surface area contributed by atoms with Gasteiger partial charge in [-0.1, -0.05) is 19.1 Å². The Balaban J connectivity index is 2.19. The highest BCUT2D eigenvalue weighted by molar-refractivity contribution is 7.90. The first-order valence-electron chi connectivity index (χ1n) is 7.02. The maximum Gasteiger partial charge on any atom is 0.175 e. The Hall–Kier alpha value is -1.66. The van der Waals surface area contributed by atoms with Crippen molar-refractivity contribution in [1.29, 1.82) is 0 Å². The molecule has 0 aliphatic heterocycles. The van der Waals surface area contributed by atoms with Gasteiger partial charge in [-0.2, -0.15) is 0 Å². The molecule has 0 amide bonds. The normalized spacial score (nSPS) is 13.2. The van der Waals surface area contributed by atoms with Crippen LogP contribution in [0.3, 0.4) is 0 Å². The van der Waals surface area contributed by atoms with Gasteiger partial charge in [-0.3, -0.25) is 0 Å².